The summed E-state index contributed by atoms with van der Waals surface area (Å²) in [6.45, 7) is 2.47. The van der Waals surface area contributed by atoms with E-state index in [4.69, 9.17) is 12.2 Å². The zero-order valence-electron chi connectivity index (χ0n) is 21.5. The number of carbonyl (C=O) groups is 1. The molecule has 4 heterocycles. The van der Waals surface area contributed by atoms with Crippen LogP contribution >= 0.6 is 12.2 Å². The van der Waals surface area contributed by atoms with Gasteiger partial charge in [0.2, 0.25) is 5.91 Å². The number of pyridine rings is 2. The number of nitrogens with zero attached hydrogens (tertiary/aromatic N) is 4. The minimum Gasteiger partial charge on any atom is -0.352 e. The van der Waals surface area contributed by atoms with Crippen LogP contribution in [0.1, 0.15) is 35.5 Å². The molecule has 0 bridgehead atoms. The molecule has 0 saturated carbocycles. The number of nitrogens with one attached hydrogen (secondary N) is 2. The van der Waals surface area contributed by atoms with Gasteiger partial charge in [-0.25, -0.2) is 4.98 Å². The quantitative estimate of drug-likeness (QED) is 0.261. The highest BCUT2D eigenvalue weighted by Gasteiger charge is 2.41. The minimum absolute atomic E-state index is 0.0650. The van der Waals surface area contributed by atoms with Crippen LogP contribution in [0.5, 0.6) is 0 Å². The fraction of sp³-hybridized carbons (Fsp3) is 0.161. The Morgan fingerprint density at radius 2 is 1.82 bits per heavy atom. The molecular weight excluding hydrogens is 504 g/mol. The summed E-state index contributed by atoms with van der Waals surface area (Å²) in [7, 11) is 0. The lowest BCUT2D eigenvalue weighted by Crippen LogP contribution is -2.33. The number of anilines is 1. The first-order valence-electron chi connectivity index (χ1n) is 12.9. The van der Waals surface area contributed by atoms with Gasteiger partial charge in [0.25, 0.3) is 0 Å². The Balaban J connectivity index is 1.29. The van der Waals surface area contributed by atoms with Crippen LogP contribution in [-0.4, -0.2) is 37.0 Å². The number of aromatic nitrogens is 3. The van der Waals surface area contributed by atoms with E-state index < -0.39 is 0 Å². The fourth-order valence-corrected chi connectivity index (χ4v) is 5.52. The smallest absolute Gasteiger partial charge is 0.226 e. The third kappa shape index (κ3) is 4.98. The molecule has 2 aromatic carbocycles. The van der Waals surface area contributed by atoms with Crippen molar-refractivity contribution in [1.29, 1.82) is 0 Å². The van der Waals surface area contributed by atoms with E-state index in [1.807, 2.05) is 92.1 Å². The van der Waals surface area contributed by atoms with Crippen LogP contribution in [0.4, 0.5) is 5.69 Å². The van der Waals surface area contributed by atoms with Crippen molar-refractivity contribution in [2.24, 2.45) is 0 Å². The molecule has 8 heteroatoms. The van der Waals surface area contributed by atoms with Gasteiger partial charge in [0, 0.05) is 48.3 Å². The largest absolute Gasteiger partial charge is 0.352 e. The first-order valence-corrected chi connectivity index (χ1v) is 13.4. The summed E-state index contributed by atoms with van der Waals surface area (Å²) in [5, 5.41) is 9.27. The molecule has 194 valence electrons. The van der Waals surface area contributed by atoms with E-state index in [1.165, 1.54) is 0 Å². The number of amides is 1. The molecule has 1 aliphatic heterocycles. The van der Waals surface area contributed by atoms with E-state index in [0.717, 1.165) is 39.2 Å². The summed E-state index contributed by atoms with van der Waals surface area (Å²) < 4.78 is 2.08. The van der Waals surface area contributed by atoms with Crippen LogP contribution in [0.25, 0.3) is 16.6 Å². The van der Waals surface area contributed by atoms with Crippen molar-refractivity contribution in [2.75, 3.05) is 11.9 Å². The van der Waals surface area contributed by atoms with Crippen molar-refractivity contribution < 1.29 is 4.79 Å². The Morgan fingerprint density at radius 1 is 0.974 bits per heavy atom. The zero-order valence-corrected chi connectivity index (χ0v) is 22.3. The second-order valence-corrected chi connectivity index (χ2v) is 10.0. The van der Waals surface area contributed by atoms with Crippen molar-refractivity contribution in [1.82, 2.24) is 24.8 Å². The summed E-state index contributed by atoms with van der Waals surface area (Å²) in [5.74, 6) is 0.761. The van der Waals surface area contributed by atoms with Crippen molar-refractivity contribution in [3.63, 3.8) is 0 Å². The monoisotopic (exact) mass is 532 g/mol. The Kier molecular flexibility index (Phi) is 6.77. The number of rotatable bonds is 7. The number of benzene rings is 2. The molecule has 0 radical (unpaired) electrons. The summed E-state index contributed by atoms with van der Waals surface area (Å²) in [4.78, 5) is 24.5. The first kappa shape index (κ1) is 24.8. The second-order valence-electron chi connectivity index (χ2n) is 9.64. The molecule has 1 fully saturated rings. The third-order valence-corrected chi connectivity index (χ3v) is 7.42. The molecule has 39 heavy (non-hydrogen) atoms. The van der Waals surface area contributed by atoms with Crippen LogP contribution < -0.4 is 10.6 Å². The van der Waals surface area contributed by atoms with Gasteiger partial charge < -0.3 is 20.1 Å². The van der Waals surface area contributed by atoms with Crippen molar-refractivity contribution in [3.05, 3.63) is 120 Å². The molecule has 0 spiro atoms. The second kappa shape index (κ2) is 10.7. The van der Waals surface area contributed by atoms with E-state index in [-0.39, 0.29) is 24.4 Å². The van der Waals surface area contributed by atoms with Gasteiger partial charge in [-0.05, 0) is 66.5 Å². The van der Waals surface area contributed by atoms with Crippen LogP contribution in [0.15, 0.2) is 104 Å². The summed E-state index contributed by atoms with van der Waals surface area (Å²) in [6.07, 6.45) is 5.94. The first-order chi connectivity index (χ1) is 19.1. The lowest BCUT2D eigenvalue weighted by Gasteiger charge is -2.28. The van der Waals surface area contributed by atoms with Gasteiger partial charge >= 0.3 is 0 Å². The van der Waals surface area contributed by atoms with Gasteiger partial charge in [0.05, 0.1) is 17.8 Å². The zero-order chi connectivity index (χ0) is 26.8. The molecule has 1 saturated heterocycles. The molecule has 2 N–H and O–H groups in total. The maximum Gasteiger partial charge on any atom is 0.226 e. The van der Waals surface area contributed by atoms with E-state index in [1.54, 1.807) is 6.20 Å². The molecule has 2 unspecified atom stereocenters. The van der Waals surface area contributed by atoms with E-state index >= 15 is 0 Å². The number of carbonyl (C=O) groups excluding carboxylic acids is 1. The number of fused-ring (bicyclic) bond motifs is 1. The SMILES string of the molecule is Cc1ccc(-n2cccc2C2C(c3ccccn3)NC(=S)N2CCC(=O)Nc2cccc3ccccc23)nc1. The maximum absolute atomic E-state index is 13.2. The number of hydrogen-bond acceptors (Lipinski definition) is 4. The standard InChI is InChI=1S/C31H28N6OS/c1-21-14-15-27(33-20-21)36-18-7-13-26(36)30-29(25-11-4-5-17-32-25)35-31(39)37(30)19-16-28(38)34-24-12-6-9-22-8-2-3-10-23(22)24/h2-15,17-18,20,29-30H,16,19H2,1H3,(H,34,38)(H,35,39). The molecule has 2 atom stereocenters. The van der Waals surface area contributed by atoms with Gasteiger partial charge in [-0.15, -0.1) is 0 Å². The highest BCUT2D eigenvalue weighted by molar-refractivity contribution is 7.80. The topological polar surface area (TPSA) is 75.1 Å². The average Bonchev–Trinajstić information content (AvgIpc) is 3.57. The van der Waals surface area contributed by atoms with Gasteiger partial charge in [-0.2, -0.15) is 0 Å². The highest BCUT2D eigenvalue weighted by Crippen LogP contribution is 2.39. The Hall–Kier alpha value is -4.56. The van der Waals surface area contributed by atoms with Crippen LogP contribution in [-0.2, 0) is 4.79 Å². The van der Waals surface area contributed by atoms with Crippen LogP contribution in [0.2, 0.25) is 0 Å². The number of thiocarbonyl (C=S) groups is 1. The van der Waals surface area contributed by atoms with E-state index in [2.05, 4.69) is 42.2 Å². The molecule has 6 rings (SSSR count). The average molecular weight is 533 g/mol. The molecule has 0 aliphatic carbocycles. The fourth-order valence-electron chi connectivity index (χ4n) is 5.18. The third-order valence-electron chi connectivity index (χ3n) is 7.07. The number of hydrogen-bond donors (Lipinski definition) is 2. The van der Waals surface area contributed by atoms with E-state index in [9.17, 15) is 4.79 Å². The predicted octanol–water partition coefficient (Wildman–Crippen LogP) is 5.73. The summed E-state index contributed by atoms with van der Waals surface area (Å²) >= 11 is 5.82. The van der Waals surface area contributed by atoms with Crippen molar-refractivity contribution >= 4 is 39.7 Å². The molecular formula is C31H28N6OS. The Labute approximate surface area is 232 Å². The number of aryl methyl sites for hydroxylation is 1. The van der Waals surface area contributed by atoms with Gasteiger partial charge in [-0.3, -0.25) is 9.78 Å². The molecule has 5 aromatic rings. The molecule has 3 aromatic heterocycles. The minimum atomic E-state index is -0.184. The van der Waals surface area contributed by atoms with Gasteiger partial charge in [-0.1, -0.05) is 48.5 Å². The van der Waals surface area contributed by atoms with Gasteiger partial charge in [0.15, 0.2) is 5.11 Å². The Morgan fingerprint density at radius 3 is 2.64 bits per heavy atom. The van der Waals surface area contributed by atoms with Crippen molar-refractivity contribution in [2.45, 2.75) is 25.4 Å². The predicted molar refractivity (Wildman–Crippen MR) is 158 cm³/mol. The van der Waals surface area contributed by atoms with Crippen LogP contribution in [0.3, 0.4) is 0 Å². The molecule has 1 amide bonds. The Bertz CT molecular complexity index is 1630. The summed E-state index contributed by atoms with van der Waals surface area (Å²) in [6, 6.07) is 27.6. The molecule has 1 aliphatic rings. The van der Waals surface area contributed by atoms with Gasteiger partial charge in [0.1, 0.15) is 5.82 Å². The van der Waals surface area contributed by atoms with E-state index in [0.29, 0.717) is 11.7 Å². The highest BCUT2D eigenvalue weighted by atomic mass is 32.1. The lowest BCUT2D eigenvalue weighted by atomic mass is 10.0. The lowest BCUT2D eigenvalue weighted by molar-refractivity contribution is -0.116. The maximum atomic E-state index is 13.2. The van der Waals surface area contributed by atoms with Crippen molar-refractivity contribution in [3.8, 4) is 5.82 Å². The normalized spacial score (nSPS) is 16.8. The van der Waals surface area contributed by atoms with Crippen LogP contribution in [0, 0.1) is 6.92 Å². The molecule has 7 nitrogen and oxygen atoms in total. The summed E-state index contributed by atoms with van der Waals surface area (Å²) in [5.41, 5.74) is 3.81.